The van der Waals surface area contributed by atoms with Crippen molar-refractivity contribution in [2.45, 2.75) is 13.3 Å². The summed E-state index contributed by atoms with van der Waals surface area (Å²) < 4.78 is 4.73. The van der Waals surface area contributed by atoms with Crippen LogP contribution < -0.4 is 0 Å². The van der Waals surface area contributed by atoms with Gasteiger partial charge >= 0.3 is 5.97 Å². The first kappa shape index (κ1) is 10.7. The lowest BCUT2D eigenvalue weighted by atomic mass is 10.4. The molecular formula is C10H13O2. The van der Waals surface area contributed by atoms with Gasteiger partial charge in [0.25, 0.3) is 0 Å². The van der Waals surface area contributed by atoms with Crippen LogP contribution in [0.2, 0.25) is 0 Å². The van der Waals surface area contributed by atoms with Gasteiger partial charge in [0.1, 0.15) is 0 Å². The van der Waals surface area contributed by atoms with Crippen LogP contribution in [0.5, 0.6) is 0 Å². The maximum atomic E-state index is 10.7. The number of carbonyl (C=O) groups is 1. The maximum Gasteiger partial charge on any atom is 0.339 e. The molecule has 0 N–H and O–H groups in total. The lowest BCUT2D eigenvalue weighted by molar-refractivity contribution is -0.138. The summed E-state index contributed by atoms with van der Waals surface area (Å²) in [5, 5.41) is 0. The van der Waals surface area contributed by atoms with Crippen molar-refractivity contribution in [3.05, 3.63) is 37.0 Å². The molecule has 2 heteroatoms. The van der Waals surface area contributed by atoms with Gasteiger partial charge in [-0.1, -0.05) is 31.7 Å². The fourth-order valence-corrected chi connectivity index (χ4v) is 0.487. The van der Waals surface area contributed by atoms with Gasteiger partial charge in [-0.3, -0.25) is 0 Å². The van der Waals surface area contributed by atoms with E-state index >= 15 is 0 Å². The Morgan fingerprint density at radius 3 is 2.92 bits per heavy atom. The van der Waals surface area contributed by atoms with Crippen LogP contribution in [0.15, 0.2) is 30.9 Å². The van der Waals surface area contributed by atoms with Crippen LogP contribution in [0.25, 0.3) is 0 Å². The molecule has 0 amide bonds. The molecule has 0 heterocycles. The number of hydrogen-bond acceptors (Lipinski definition) is 2. The average molecular weight is 165 g/mol. The first-order valence-corrected chi connectivity index (χ1v) is 3.85. The molecule has 0 aromatic carbocycles. The normalized spacial score (nSPS) is 10.8. The largest absolute Gasteiger partial charge is 0.462 e. The Labute approximate surface area is 73.2 Å². The first-order valence-electron chi connectivity index (χ1n) is 3.85. The third kappa shape index (κ3) is 6.81. The molecule has 0 aromatic heterocycles. The molecular weight excluding hydrogens is 152 g/mol. The Balaban J connectivity index is 3.60. The van der Waals surface area contributed by atoms with E-state index in [4.69, 9.17) is 4.74 Å². The van der Waals surface area contributed by atoms with E-state index in [0.717, 1.165) is 6.42 Å². The summed E-state index contributed by atoms with van der Waals surface area (Å²) in [6, 6.07) is 0. The standard InChI is InChI=1S/C10H13O2/c1-3-5-6-7-8-10(11)12-9-4-2/h3,5-7H,1,4,9H2,2H3/b6-5+,8-7?. The third-order valence-electron chi connectivity index (χ3n) is 0.982. The molecule has 0 atom stereocenters. The molecule has 0 aromatic rings. The van der Waals surface area contributed by atoms with E-state index < -0.39 is 5.97 Å². The van der Waals surface area contributed by atoms with Crippen molar-refractivity contribution in [2.24, 2.45) is 0 Å². The fourth-order valence-electron chi connectivity index (χ4n) is 0.487. The number of esters is 1. The minimum absolute atomic E-state index is 0.425. The molecule has 0 rings (SSSR count). The zero-order valence-corrected chi connectivity index (χ0v) is 7.25. The zero-order chi connectivity index (χ0) is 9.23. The molecule has 0 unspecified atom stereocenters. The second kappa shape index (κ2) is 7.79. The van der Waals surface area contributed by atoms with Crippen molar-refractivity contribution >= 4 is 5.97 Å². The van der Waals surface area contributed by atoms with Crippen molar-refractivity contribution in [3.8, 4) is 0 Å². The predicted molar refractivity (Wildman–Crippen MR) is 48.4 cm³/mol. The maximum absolute atomic E-state index is 10.7. The minimum atomic E-state index is -0.425. The smallest absolute Gasteiger partial charge is 0.339 e. The first-order chi connectivity index (χ1) is 5.81. The SMILES string of the molecule is C=C/C=C/C=[C]\C(=O)OCCC. The number of carbonyl (C=O) groups excluding carboxylic acids is 1. The highest BCUT2D eigenvalue weighted by molar-refractivity contribution is 5.77. The van der Waals surface area contributed by atoms with Crippen LogP contribution in [0.4, 0.5) is 0 Å². The van der Waals surface area contributed by atoms with Crippen LogP contribution >= 0.6 is 0 Å². The summed E-state index contributed by atoms with van der Waals surface area (Å²) in [6.07, 6.45) is 9.76. The lowest BCUT2D eigenvalue weighted by Gasteiger charge is -1.95. The van der Waals surface area contributed by atoms with E-state index in [1.165, 1.54) is 6.08 Å². The molecule has 65 valence electrons. The van der Waals surface area contributed by atoms with Gasteiger partial charge in [0.2, 0.25) is 0 Å². The zero-order valence-electron chi connectivity index (χ0n) is 7.25. The second-order valence-corrected chi connectivity index (χ2v) is 2.07. The van der Waals surface area contributed by atoms with Crippen molar-refractivity contribution in [2.75, 3.05) is 6.61 Å². The molecule has 0 aliphatic heterocycles. The topological polar surface area (TPSA) is 26.3 Å². The second-order valence-electron chi connectivity index (χ2n) is 2.07. The van der Waals surface area contributed by atoms with E-state index in [9.17, 15) is 4.79 Å². The van der Waals surface area contributed by atoms with Crippen molar-refractivity contribution in [1.82, 2.24) is 0 Å². The molecule has 0 aliphatic rings. The van der Waals surface area contributed by atoms with E-state index in [1.54, 1.807) is 18.2 Å². The molecule has 0 aliphatic carbocycles. The average Bonchev–Trinajstić information content (AvgIpc) is 2.09. The Morgan fingerprint density at radius 2 is 2.33 bits per heavy atom. The molecule has 12 heavy (non-hydrogen) atoms. The Kier molecular flexibility index (Phi) is 6.94. The Morgan fingerprint density at radius 1 is 1.58 bits per heavy atom. The number of ether oxygens (including phenoxy) is 1. The molecule has 2 nitrogen and oxygen atoms in total. The van der Waals surface area contributed by atoms with Crippen molar-refractivity contribution in [1.29, 1.82) is 0 Å². The van der Waals surface area contributed by atoms with Crippen LogP contribution in [-0.2, 0) is 9.53 Å². The number of hydrogen-bond donors (Lipinski definition) is 0. The number of allylic oxidation sites excluding steroid dienone is 4. The summed E-state index contributed by atoms with van der Waals surface area (Å²) in [7, 11) is 0. The van der Waals surface area contributed by atoms with Crippen molar-refractivity contribution < 1.29 is 9.53 Å². The predicted octanol–water partition coefficient (Wildman–Crippen LogP) is 2.04. The van der Waals surface area contributed by atoms with E-state index in [-0.39, 0.29) is 0 Å². The van der Waals surface area contributed by atoms with Gasteiger partial charge in [-0.05, 0) is 12.5 Å². The van der Waals surface area contributed by atoms with E-state index in [0.29, 0.717) is 6.61 Å². The lowest BCUT2D eigenvalue weighted by Crippen LogP contribution is -2.01. The Hall–Kier alpha value is -1.31. The van der Waals surface area contributed by atoms with Gasteiger partial charge in [-0.2, -0.15) is 0 Å². The van der Waals surface area contributed by atoms with Gasteiger partial charge < -0.3 is 4.74 Å². The van der Waals surface area contributed by atoms with Crippen LogP contribution in [0, 0.1) is 6.08 Å². The van der Waals surface area contributed by atoms with Crippen LogP contribution in [-0.4, -0.2) is 12.6 Å². The van der Waals surface area contributed by atoms with Gasteiger partial charge in [0.05, 0.1) is 12.7 Å². The molecule has 0 fully saturated rings. The summed E-state index contributed by atoms with van der Waals surface area (Å²) >= 11 is 0. The quantitative estimate of drug-likeness (QED) is 0.354. The molecule has 1 radical (unpaired) electrons. The van der Waals surface area contributed by atoms with Crippen LogP contribution in [0.1, 0.15) is 13.3 Å². The highest BCUT2D eigenvalue weighted by Gasteiger charge is 1.92. The summed E-state index contributed by atoms with van der Waals surface area (Å²) in [5.41, 5.74) is 0. The van der Waals surface area contributed by atoms with Crippen molar-refractivity contribution in [3.63, 3.8) is 0 Å². The van der Waals surface area contributed by atoms with E-state index in [2.05, 4.69) is 12.7 Å². The number of rotatable bonds is 5. The molecule has 0 spiro atoms. The highest BCUT2D eigenvalue weighted by Crippen LogP contribution is 1.84. The van der Waals surface area contributed by atoms with Gasteiger partial charge in [0, 0.05) is 0 Å². The van der Waals surface area contributed by atoms with Gasteiger partial charge in [0.15, 0.2) is 0 Å². The fraction of sp³-hybridized carbons (Fsp3) is 0.300. The Bertz CT molecular complexity index is 190. The summed E-state index contributed by atoms with van der Waals surface area (Å²) in [6.45, 7) is 5.86. The molecule has 0 saturated carbocycles. The van der Waals surface area contributed by atoms with Gasteiger partial charge in [-0.25, -0.2) is 4.79 Å². The summed E-state index contributed by atoms with van der Waals surface area (Å²) in [5.74, 6) is -0.425. The molecule has 0 bridgehead atoms. The van der Waals surface area contributed by atoms with Crippen LogP contribution in [0.3, 0.4) is 0 Å². The highest BCUT2D eigenvalue weighted by atomic mass is 16.5. The summed E-state index contributed by atoms with van der Waals surface area (Å²) in [4.78, 5) is 10.7. The third-order valence-corrected chi connectivity index (χ3v) is 0.982. The monoisotopic (exact) mass is 165 g/mol. The van der Waals surface area contributed by atoms with Gasteiger partial charge in [-0.15, -0.1) is 0 Å². The van der Waals surface area contributed by atoms with E-state index in [1.807, 2.05) is 6.92 Å². The molecule has 0 saturated heterocycles. The minimum Gasteiger partial charge on any atom is -0.462 e.